The van der Waals surface area contributed by atoms with Gasteiger partial charge in [-0.05, 0) is 31.5 Å². The molecule has 1 unspecified atom stereocenters. The molecule has 0 aliphatic carbocycles. The summed E-state index contributed by atoms with van der Waals surface area (Å²) in [5, 5.41) is 3.34. The maximum Gasteiger partial charge on any atom is 0.0329 e. The van der Waals surface area contributed by atoms with Crippen molar-refractivity contribution in [2.75, 3.05) is 7.05 Å². The Hall–Kier alpha value is -0.760. The Morgan fingerprint density at radius 1 is 1.33 bits per heavy atom. The molecule has 0 bridgehead atoms. The average molecular weight is 208 g/mol. The molecule has 1 atom stereocenters. The van der Waals surface area contributed by atoms with Crippen LogP contribution < -0.4 is 5.32 Å². The van der Waals surface area contributed by atoms with Gasteiger partial charge in [-0.25, -0.2) is 0 Å². The SMILES string of the molecule is CCCCCn1ccc(C(CC)NC)c1. The van der Waals surface area contributed by atoms with Gasteiger partial charge in [0, 0.05) is 25.0 Å². The van der Waals surface area contributed by atoms with E-state index >= 15 is 0 Å². The van der Waals surface area contributed by atoms with E-state index < -0.39 is 0 Å². The van der Waals surface area contributed by atoms with E-state index in [2.05, 4.69) is 42.2 Å². The quantitative estimate of drug-likeness (QED) is 0.680. The highest BCUT2D eigenvalue weighted by Crippen LogP contribution is 2.16. The van der Waals surface area contributed by atoms with Crippen LogP contribution in [0.3, 0.4) is 0 Å². The fraction of sp³-hybridized carbons (Fsp3) is 0.692. The fourth-order valence-corrected chi connectivity index (χ4v) is 1.96. The maximum atomic E-state index is 3.34. The number of aryl methyl sites for hydroxylation is 1. The van der Waals surface area contributed by atoms with Crippen molar-refractivity contribution in [3.8, 4) is 0 Å². The van der Waals surface area contributed by atoms with Crippen LogP contribution in [-0.4, -0.2) is 11.6 Å². The minimum absolute atomic E-state index is 0.512. The van der Waals surface area contributed by atoms with Crippen molar-refractivity contribution < 1.29 is 0 Å². The van der Waals surface area contributed by atoms with Crippen molar-refractivity contribution in [3.05, 3.63) is 24.0 Å². The van der Waals surface area contributed by atoms with Gasteiger partial charge in [-0.3, -0.25) is 0 Å². The van der Waals surface area contributed by atoms with Crippen LogP contribution >= 0.6 is 0 Å². The van der Waals surface area contributed by atoms with Crippen molar-refractivity contribution >= 4 is 0 Å². The molecule has 0 aliphatic rings. The van der Waals surface area contributed by atoms with Gasteiger partial charge in [0.05, 0.1) is 0 Å². The molecular formula is C13H24N2. The average Bonchev–Trinajstić information content (AvgIpc) is 2.69. The molecule has 1 N–H and O–H groups in total. The molecular weight excluding hydrogens is 184 g/mol. The molecule has 0 aliphatic heterocycles. The first kappa shape index (κ1) is 12.3. The summed E-state index contributed by atoms with van der Waals surface area (Å²) in [5.41, 5.74) is 1.41. The molecule has 0 saturated carbocycles. The Morgan fingerprint density at radius 2 is 2.13 bits per heavy atom. The van der Waals surface area contributed by atoms with Crippen molar-refractivity contribution in [1.29, 1.82) is 0 Å². The molecule has 0 fully saturated rings. The number of nitrogens with one attached hydrogen (secondary N) is 1. The van der Waals surface area contributed by atoms with Crippen LogP contribution in [0.4, 0.5) is 0 Å². The first-order chi connectivity index (χ1) is 7.31. The summed E-state index contributed by atoms with van der Waals surface area (Å²) in [6, 6.07) is 2.74. The Bertz CT molecular complexity index is 261. The topological polar surface area (TPSA) is 17.0 Å². The predicted molar refractivity (Wildman–Crippen MR) is 66.0 cm³/mol. The summed E-state index contributed by atoms with van der Waals surface area (Å²) in [6.45, 7) is 5.62. The van der Waals surface area contributed by atoms with E-state index in [1.54, 1.807) is 0 Å². The first-order valence-corrected chi connectivity index (χ1v) is 6.14. The molecule has 1 heterocycles. The fourth-order valence-electron chi connectivity index (χ4n) is 1.96. The van der Waals surface area contributed by atoms with E-state index in [1.165, 1.54) is 24.8 Å². The van der Waals surface area contributed by atoms with Crippen LogP contribution in [0.15, 0.2) is 18.5 Å². The zero-order valence-corrected chi connectivity index (χ0v) is 10.3. The van der Waals surface area contributed by atoms with Gasteiger partial charge in [0.15, 0.2) is 0 Å². The molecule has 1 aromatic heterocycles. The number of hydrogen-bond donors (Lipinski definition) is 1. The Morgan fingerprint density at radius 3 is 2.73 bits per heavy atom. The van der Waals surface area contributed by atoms with Crippen LogP contribution in [-0.2, 0) is 6.54 Å². The van der Waals surface area contributed by atoms with Gasteiger partial charge < -0.3 is 9.88 Å². The van der Waals surface area contributed by atoms with Crippen molar-refractivity contribution in [3.63, 3.8) is 0 Å². The summed E-state index contributed by atoms with van der Waals surface area (Å²) >= 11 is 0. The minimum atomic E-state index is 0.512. The van der Waals surface area contributed by atoms with Gasteiger partial charge in [0.25, 0.3) is 0 Å². The zero-order chi connectivity index (χ0) is 11.1. The van der Waals surface area contributed by atoms with E-state index in [0.717, 1.165) is 13.0 Å². The highest BCUT2D eigenvalue weighted by atomic mass is 14.9. The summed E-state index contributed by atoms with van der Waals surface area (Å²) in [7, 11) is 2.03. The third-order valence-corrected chi connectivity index (χ3v) is 2.95. The molecule has 1 rings (SSSR count). The summed E-state index contributed by atoms with van der Waals surface area (Å²) in [4.78, 5) is 0. The zero-order valence-electron chi connectivity index (χ0n) is 10.3. The van der Waals surface area contributed by atoms with Gasteiger partial charge in [0.2, 0.25) is 0 Å². The molecule has 2 heteroatoms. The molecule has 0 saturated heterocycles. The maximum absolute atomic E-state index is 3.34. The van der Waals surface area contributed by atoms with Gasteiger partial charge in [-0.15, -0.1) is 0 Å². The third-order valence-electron chi connectivity index (χ3n) is 2.95. The van der Waals surface area contributed by atoms with E-state index in [9.17, 15) is 0 Å². The number of nitrogens with zero attached hydrogens (tertiary/aromatic N) is 1. The molecule has 0 amide bonds. The lowest BCUT2D eigenvalue weighted by Crippen LogP contribution is -2.14. The highest BCUT2D eigenvalue weighted by molar-refractivity contribution is 5.15. The van der Waals surface area contributed by atoms with Gasteiger partial charge in [0.1, 0.15) is 0 Å². The van der Waals surface area contributed by atoms with Crippen LogP contribution in [0.25, 0.3) is 0 Å². The lowest BCUT2D eigenvalue weighted by molar-refractivity contribution is 0.568. The normalized spacial score (nSPS) is 13.0. The predicted octanol–water partition coefficient (Wildman–Crippen LogP) is 3.35. The second kappa shape index (κ2) is 6.67. The van der Waals surface area contributed by atoms with Crippen LogP contribution in [0, 0.1) is 0 Å². The third kappa shape index (κ3) is 3.71. The number of aromatic nitrogens is 1. The molecule has 0 aromatic carbocycles. The largest absolute Gasteiger partial charge is 0.354 e. The second-order valence-electron chi connectivity index (χ2n) is 4.14. The van der Waals surface area contributed by atoms with Crippen molar-refractivity contribution in [2.24, 2.45) is 0 Å². The molecule has 86 valence electrons. The van der Waals surface area contributed by atoms with Gasteiger partial charge in [-0.1, -0.05) is 26.7 Å². The number of rotatable bonds is 7. The summed E-state index contributed by atoms with van der Waals surface area (Å²) in [6.07, 6.45) is 9.54. The number of unbranched alkanes of at least 4 members (excludes halogenated alkanes) is 2. The van der Waals surface area contributed by atoms with E-state index in [0.29, 0.717) is 6.04 Å². The van der Waals surface area contributed by atoms with E-state index in [1.807, 2.05) is 7.05 Å². The Kier molecular flexibility index (Phi) is 5.48. The van der Waals surface area contributed by atoms with Crippen molar-refractivity contribution in [1.82, 2.24) is 9.88 Å². The summed E-state index contributed by atoms with van der Waals surface area (Å²) < 4.78 is 2.31. The molecule has 0 spiro atoms. The minimum Gasteiger partial charge on any atom is -0.354 e. The Balaban J connectivity index is 2.47. The lowest BCUT2D eigenvalue weighted by atomic mass is 10.1. The van der Waals surface area contributed by atoms with Gasteiger partial charge >= 0.3 is 0 Å². The smallest absolute Gasteiger partial charge is 0.0329 e. The van der Waals surface area contributed by atoms with Crippen LogP contribution in [0.1, 0.15) is 51.1 Å². The number of hydrogen-bond acceptors (Lipinski definition) is 1. The molecule has 15 heavy (non-hydrogen) atoms. The summed E-state index contributed by atoms with van der Waals surface area (Å²) in [5.74, 6) is 0. The van der Waals surface area contributed by atoms with Crippen LogP contribution in [0.5, 0.6) is 0 Å². The standard InChI is InChI=1S/C13H24N2/c1-4-6-7-9-15-10-8-12(11-15)13(5-2)14-3/h8,10-11,13-14H,4-7,9H2,1-3H3. The Labute approximate surface area is 93.7 Å². The van der Waals surface area contributed by atoms with E-state index in [4.69, 9.17) is 0 Å². The molecule has 1 aromatic rings. The second-order valence-corrected chi connectivity index (χ2v) is 4.14. The monoisotopic (exact) mass is 208 g/mol. The van der Waals surface area contributed by atoms with E-state index in [-0.39, 0.29) is 0 Å². The highest BCUT2D eigenvalue weighted by Gasteiger charge is 2.07. The van der Waals surface area contributed by atoms with Gasteiger partial charge in [-0.2, -0.15) is 0 Å². The van der Waals surface area contributed by atoms with Crippen molar-refractivity contribution in [2.45, 2.75) is 52.1 Å². The lowest BCUT2D eigenvalue weighted by Gasteiger charge is -2.11. The van der Waals surface area contributed by atoms with Crippen LogP contribution in [0.2, 0.25) is 0 Å². The molecule has 0 radical (unpaired) electrons. The molecule has 2 nitrogen and oxygen atoms in total. The first-order valence-electron chi connectivity index (χ1n) is 6.14.